The quantitative estimate of drug-likeness (QED) is 0.203. The van der Waals surface area contributed by atoms with E-state index in [2.05, 4.69) is 45.1 Å². The first-order valence-corrected chi connectivity index (χ1v) is 16.1. The third-order valence-electron chi connectivity index (χ3n) is 8.08. The molecule has 228 valence electrons. The summed E-state index contributed by atoms with van der Waals surface area (Å²) in [4.78, 5) is 31.1. The van der Waals surface area contributed by atoms with Gasteiger partial charge in [-0.15, -0.1) is 11.3 Å². The van der Waals surface area contributed by atoms with E-state index in [4.69, 9.17) is 9.72 Å². The molecule has 0 saturated carbocycles. The van der Waals surface area contributed by atoms with Crippen LogP contribution in [0.25, 0.3) is 21.5 Å². The molecule has 4 aromatic heterocycles. The van der Waals surface area contributed by atoms with Gasteiger partial charge in [0.25, 0.3) is 5.56 Å². The van der Waals surface area contributed by atoms with E-state index in [0.29, 0.717) is 23.7 Å². The van der Waals surface area contributed by atoms with Crippen molar-refractivity contribution < 1.29 is 4.74 Å². The Balaban J connectivity index is 1.24. The minimum absolute atomic E-state index is 0.204. The summed E-state index contributed by atoms with van der Waals surface area (Å²) in [5.74, 6) is 7.57. The zero-order chi connectivity index (χ0) is 31.5. The Kier molecular flexibility index (Phi) is 8.30. The lowest BCUT2D eigenvalue weighted by Crippen LogP contribution is -2.24. The number of likely N-dealkylation sites (N-methyl/N-ethyl adjacent to an activating group) is 1. The lowest BCUT2D eigenvalue weighted by atomic mass is 10.1. The first-order chi connectivity index (χ1) is 22.5. The number of pyridine rings is 2. The van der Waals surface area contributed by atoms with Gasteiger partial charge in [-0.05, 0) is 97.1 Å². The highest BCUT2D eigenvalue weighted by Gasteiger charge is 2.21. The molecule has 1 fully saturated rings. The van der Waals surface area contributed by atoms with Gasteiger partial charge in [0.05, 0.1) is 12.1 Å². The van der Waals surface area contributed by atoms with Crippen molar-refractivity contribution in [1.82, 2.24) is 24.4 Å². The van der Waals surface area contributed by atoms with Crippen molar-refractivity contribution in [2.24, 2.45) is 0 Å². The summed E-state index contributed by atoms with van der Waals surface area (Å²) in [6.45, 7) is 4.32. The minimum atomic E-state index is -0.204. The van der Waals surface area contributed by atoms with E-state index in [1.54, 1.807) is 40.6 Å². The van der Waals surface area contributed by atoms with E-state index in [1.807, 2.05) is 73.0 Å². The van der Waals surface area contributed by atoms with Gasteiger partial charge < -0.3 is 15.0 Å². The monoisotopic (exact) mass is 624 g/mol. The van der Waals surface area contributed by atoms with Crippen LogP contribution in [-0.2, 0) is 6.54 Å². The van der Waals surface area contributed by atoms with Crippen molar-refractivity contribution in [2.75, 3.05) is 25.5 Å². The maximum Gasteiger partial charge on any atom is 0.268 e. The first-order valence-electron chi connectivity index (χ1n) is 15.2. The van der Waals surface area contributed by atoms with Gasteiger partial charge in [0.15, 0.2) is 0 Å². The summed E-state index contributed by atoms with van der Waals surface area (Å²) in [6, 6.07) is 23.5. The molecule has 1 unspecified atom stereocenters. The van der Waals surface area contributed by atoms with Crippen LogP contribution in [0.1, 0.15) is 28.7 Å². The first kappa shape index (κ1) is 29.4. The number of aryl methyl sites for hydroxylation is 1. The minimum Gasteiger partial charge on any atom is -0.489 e. The molecule has 6 aromatic rings. The smallest absolute Gasteiger partial charge is 0.268 e. The van der Waals surface area contributed by atoms with Gasteiger partial charge in [-0.1, -0.05) is 30.0 Å². The maximum absolute atomic E-state index is 14.1. The molecule has 0 bridgehead atoms. The van der Waals surface area contributed by atoms with Crippen LogP contribution in [0.3, 0.4) is 0 Å². The van der Waals surface area contributed by atoms with Gasteiger partial charge >= 0.3 is 0 Å². The average molecular weight is 625 g/mol. The van der Waals surface area contributed by atoms with Crippen molar-refractivity contribution in [2.45, 2.75) is 26.0 Å². The molecule has 5 heterocycles. The van der Waals surface area contributed by atoms with Gasteiger partial charge in [0, 0.05) is 53.2 Å². The van der Waals surface area contributed by atoms with Gasteiger partial charge in [0.1, 0.15) is 17.5 Å². The zero-order valence-corrected chi connectivity index (χ0v) is 26.4. The number of aromatic nitrogens is 4. The van der Waals surface area contributed by atoms with Crippen molar-refractivity contribution in [1.29, 1.82) is 0 Å². The summed E-state index contributed by atoms with van der Waals surface area (Å²) in [5.41, 5.74) is 5.55. The van der Waals surface area contributed by atoms with Crippen molar-refractivity contribution in [3.63, 3.8) is 0 Å². The van der Waals surface area contributed by atoms with E-state index < -0.39 is 0 Å². The molecule has 46 heavy (non-hydrogen) atoms. The van der Waals surface area contributed by atoms with Crippen molar-refractivity contribution >= 4 is 34.0 Å². The average Bonchev–Trinajstić information content (AvgIpc) is 3.72. The van der Waals surface area contributed by atoms with Gasteiger partial charge in [-0.3, -0.25) is 14.3 Å². The van der Waals surface area contributed by atoms with Crippen LogP contribution in [0, 0.1) is 18.8 Å². The SMILES string of the molecule is Cc1ccccc1C#Cc1cc2cnc(Nc3ccc(OC4CCN(C)C4)cc3)nc2n(Cc2ccsc2-c2ccncc2)c1=O. The summed E-state index contributed by atoms with van der Waals surface area (Å²) >= 11 is 1.63. The third-order valence-corrected chi connectivity index (χ3v) is 9.09. The third kappa shape index (κ3) is 6.40. The molecule has 0 amide bonds. The van der Waals surface area contributed by atoms with E-state index in [1.165, 1.54) is 0 Å². The lowest BCUT2D eigenvalue weighted by molar-refractivity contribution is 0.208. The molecule has 1 aliphatic rings. The van der Waals surface area contributed by atoms with E-state index in [0.717, 1.165) is 63.5 Å². The van der Waals surface area contributed by atoms with Crippen molar-refractivity contribution in [3.05, 3.63) is 129 Å². The topological polar surface area (TPSA) is 85.2 Å². The highest BCUT2D eigenvalue weighted by atomic mass is 32.1. The predicted molar refractivity (Wildman–Crippen MR) is 184 cm³/mol. The predicted octanol–water partition coefficient (Wildman–Crippen LogP) is 6.50. The van der Waals surface area contributed by atoms with Crippen LogP contribution in [0.2, 0.25) is 0 Å². The zero-order valence-electron chi connectivity index (χ0n) is 25.6. The van der Waals surface area contributed by atoms with Gasteiger partial charge in [-0.2, -0.15) is 4.98 Å². The largest absolute Gasteiger partial charge is 0.489 e. The molecule has 2 aromatic carbocycles. The molecule has 9 heteroatoms. The molecule has 8 nitrogen and oxygen atoms in total. The van der Waals surface area contributed by atoms with Gasteiger partial charge in [0.2, 0.25) is 5.95 Å². The van der Waals surface area contributed by atoms with Crippen LogP contribution in [0.5, 0.6) is 5.75 Å². The number of benzene rings is 2. The highest BCUT2D eigenvalue weighted by molar-refractivity contribution is 7.13. The number of hydrogen-bond acceptors (Lipinski definition) is 8. The fourth-order valence-corrected chi connectivity index (χ4v) is 6.54. The van der Waals surface area contributed by atoms with Crippen LogP contribution in [0.4, 0.5) is 11.6 Å². The second kappa shape index (κ2) is 13.0. The second-order valence-corrected chi connectivity index (χ2v) is 12.4. The Morgan fingerprint density at radius 2 is 1.83 bits per heavy atom. The molecule has 1 saturated heterocycles. The molecule has 0 radical (unpaired) electrons. The van der Waals surface area contributed by atoms with Crippen LogP contribution < -0.4 is 15.6 Å². The fraction of sp³-hybridized carbons (Fsp3) is 0.189. The van der Waals surface area contributed by atoms with E-state index in [-0.39, 0.29) is 11.7 Å². The number of ether oxygens (including phenoxy) is 1. The van der Waals surface area contributed by atoms with Crippen LogP contribution in [0.15, 0.2) is 102 Å². The highest BCUT2D eigenvalue weighted by Crippen LogP contribution is 2.30. The number of anilines is 2. The Bertz CT molecular complexity index is 2130. The van der Waals surface area contributed by atoms with Crippen LogP contribution in [-0.4, -0.2) is 50.7 Å². The molecule has 1 atom stereocenters. The number of fused-ring (bicyclic) bond motifs is 1. The molecular formula is C37H32N6O2S. The summed E-state index contributed by atoms with van der Waals surface area (Å²) in [7, 11) is 2.11. The van der Waals surface area contributed by atoms with Crippen LogP contribution >= 0.6 is 11.3 Å². The van der Waals surface area contributed by atoms with E-state index >= 15 is 0 Å². The fourth-order valence-electron chi connectivity index (χ4n) is 5.62. The summed E-state index contributed by atoms with van der Waals surface area (Å²) in [6.07, 6.45) is 6.53. The summed E-state index contributed by atoms with van der Waals surface area (Å²) in [5, 5.41) is 6.07. The number of nitrogens with zero attached hydrogens (tertiary/aromatic N) is 5. The number of hydrogen-bond donors (Lipinski definition) is 1. The van der Waals surface area contributed by atoms with Crippen molar-refractivity contribution in [3.8, 4) is 28.0 Å². The second-order valence-electron chi connectivity index (χ2n) is 11.4. The Morgan fingerprint density at radius 3 is 2.61 bits per heavy atom. The number of nitrogens with one attached hydrogen (secondary N) is 1. The van der Waals surface area contributed by atoms with E-state index in [9.17, 15) is 4.79 Å². The molecule has 1 aliphatic heterocycles. The molecular weight excluding hydrogens is 593 g/mol. The maximum atomic E-state index is 14.1. The number of rotatable bonds is 7. The number of thiophene rings is 1. The normalized spacial score (nSPS) is 14.6. The van der Waals surface area contributed by atoms with Gasteiger partial charge in [-0.25, -0.2) is 4.98 Å². The molecule has 1 N–H and O–H groups in total. The Morgan fingerprint density at radius 1 is 1.02 bits per heavy atom. The molecule has 0 aliphatic carbocycles. The Hall–Kier alpha value is -5.30. The number of likely N-dealkylation sites (tertiary alicyclic amines) is 1. The summed E-state index contributed by atoms with van der Waals surface area (Å²) < 4.78 is 7.84. The Labute approximate surface area is 271 Å². The standard InChI is InChI=1S/C37H32N6O2S/c1-25-5-3-4-6-26(25)7-8-28-21-30-22-39-37(40-31-9-11-32(12-10-31)45-33-15-19-42(2)24-33)41-35(30)43(36(28)44)23-29-16-20-46-34(29)27-13-17-38-18-14-27/h3-6,9-14,16-18,20-22,33H,15,19,23-24H2,1-2H3,(H,39,40,41). The lowest BCUT2D eigenvalue weighted by Gasteiger charge is -2.15. The molecule has 0 spiro atoms. The molecule has 7 rings (SSSR count).